The minimum Gasteiger partial charge on any atom is -0.344 e. The van der Waals surface area contributed by atoms with E-state index in [0.717, 1.165) is 39.3 Å². The van der Waals surface area contributed by atoms with E-state index in [-0.39, 0.29) is 6.17 Å². The molecule has 1 aromatic heterocycles. The number of nitrogens with one attached hydrogen (secondary N) is 1. The fraction of sp³-hybridized carbons (Fsp3) is 0.0164. The zero-order chi connectivity index (χ0) is 43.1. The molecule has 306 valence electrons. The number of hydrogen-bond donors (Lipinski definition) is 1. The molecule has 0 amide bonds. The van der Waals surface area contributed by atoms with Gasteiger partial charge in [0.15, 0.2) is 5.84 Å². The summed E-state index contributed by atoms with van der Waals surface area (Å²) in [6.07, 6.45) is -0.274. The van der Waals surface area contributed by atoms with Crippen molar-refractivity contribution in [2.75, 3.05) is 0 Å². The highest BCUT2D eigenvalue weighted by Gasteiger charge is 2.22. The Bertz CT molecular complexity index is 3530. The summed E-state index contributed by atoms with van der Waals surface area (Å²) >= 11 is 0. The molecule has 12 rings (SSSR count). The van der Waals surface area contributed by atoms with Gasteiger partial charge < -0.3 is 9.88 Å². The van der Waals surface area contributed by atoms with Crippen LogP contribution >= 0.6 is 0 Å². The minimum atomic E-state index is -0.274. The highest BCUT2D eigenvalue weighted by molar-refractivity contribution is 6.14. The highest BCUT2D eigenvalue weighted by atomic mass is 15.2. The Kier molecular flexibility index (Phi) is 9.53. The molecule has 0 spiro atoms. The molecule has 2 heterocycles. The number of benzene rings is 10. The summed E-state index contributed by atoms with van der Waals surface area (Å²) in [5.74, 6) is 1.50. The maximum absolute atomic E-state index is 5.13. The highest BCUT2D eigenvalue weighted by Crippen LogP contribution is 2.40. The first-order chi connectivity index (χ1) is 32.2. The lowest BCUT2D eigenvalue weighted by Gasteiger charge is -2.24. The Morgan fingerprint density at radius 1 is 0.323 bits per heavy atom. The summed E-state index contributed by atoms with van der Waals surface area (Å²) in [6.45, 7) is 0. The van der Waals surface area contributed by atoms with Crippen LogP contribution in [0.1, 0.15) is 22.9 Å². The van der Waals surface area contributed by atoms with E-state index < -0.39 is 0 Å². The van der Waals surface area contributed by atoms with Crippen LogP contribution in [-0.2, 0) is 0 Å². The molecule has 1 aliphatic heterocycles. The molecule has 0 saturated carbocycles. The molecule has 1 atom stereocenters. The summed E-state index contributed by atoms with van der Waals surface area (Å²) in [6, 6.07) is 86.6. The lowest BCUT2D eigenvalue weighted by molar-refractivity contribution is 0.674. The Balaban J connectivity index is 0.868. The molecule has 1 aliphatic rings. The Morgan fingerprint density at radius 3 is 1.48 bits per heavy atom. The third-order valence-corrected chi connectivity index (χ3v) is 12.7. The number of para-hydroxylation sites is 2. The molecule has 10 aromatic carbocycles. The number of fused-ring (bicyclic) bond motifs is 4. The third kappa shape index (κ3) is 6.98. The molecule has 65 heavy (non-hydrogen) atoms. The molecule has 0 aliphatic carbocycles. The Hall–Kier alpha value is -8.60. The van der Waals surface area contributed by atoms with Crippen molar-refractivity contribution in [1.29, 1.82) is 0 Å². The second kappa shape index (κ2) is 16.3. The lowest BCUT2D eigenvalue weighted by Crippen LogP contribution is -2.33. The van der Waals surface area contributed by atoms with Gasteiger partial charge >= 0.3 is 0 Å². The van der Waals surface area contributed by atoms with E-state index in [1.165, 1.54) is 66.0 Å². The standard InChI is InChI=1S/C61H42N4/c1-3-15-41(16-4-1)42-29-33-46(34-30-42)60-62-59(45-17-5-2-6-18-45)63-61(64-60)47-35-31-43(32-36-47)50-23-13-25-54-52(50)24-14-26-53(54)51-20-8-7-19-49(51)44-37-39-48(40-38-44)65-57-27-11-9-21-55(57)56-22-10-12-28-58(56)65/h1-40,59H,(H,62,63,64). The second-order valence-corrected chi connectivity index (χ2v) is 16.6. The van der Waals surface area contributed by atoms with E-state index in [1.807, 2.05) is 12.1 Å². The Labute approximate surface area is 378 Å². The third-order valence-electron chi connectivity index (χ3n) is 12.7. The van der Waals surface area contributed by atoms with Crippen molar-refractivity contribution in [3.8, 4) is 50.2 Å². The van der Waals surface area contributed by atoms with Crippen LogP contribution in [0.15, 0.2) is 253 Å². The van der Waals surface area contributed by atoms with Crippen LogP contribution in [0, 0.1) is 0 Å². The van der Waals surface area contributed by atoms with Gasteiger partial charge in [0.1, 0.15) is 12.0 Å². The number of nitrogens with zero attached hydrogens (tertiary/aromatic N) is 3. The molecule has 0 saturated heterocycles. The summed E-state index contributed by atoms with van der Waals surface area (Å²) in [5.41, 5.74) is 16.1. The van der Waals surface area contributed by atoms with Gasteiger partial charge in [-0.3, -0.25) is 0 Å². The van der Waals surface area contributed by atoms with Gasteiger partial charge in [0, 0.05) is 27.6 Å². The van der Waals surface area contributed by atoms with Crippen LogP contribution in [0.25, 0.3) is 82.8 Å². The van der Waals surface area contributed by atoms with E-state index in [9.17, 15) is 0 Å². The first kappa shape index (κ1) is 38.1. The van der Waals surface area contributed by atoms with Crippen LogP contribution in [0.3, 0.4) is 0 Å². The van der Waals surface area contributed by atoms with E-state index >= 15 is 0 Å². The smallest absolute Gasteiger partial charge is 0.159 e. The van der Waals surface area contributed by atoms with E-state index in [4.69, 9.17) is 9.98 Å². The summed E-state index contributed by atoms with van der Waals surface area (Å²) in [5, 5.41) is 8.60. The fourth-order valence-corrected chi connectivity index (χ4v) is 9.54. The lowest BCUT2D eigenvalue weighted by atomic mass is 9.89. The normalized spacial score (nSPS) is 13.7. The van der Waals surface area contributed by atoms with Gasteiger partial charge in [0.05, 0.1) is 11.0 Å². The van der Waals surface area contributed by atoms with Crippen molar-refractivity contribution in [2.24, 2.45) is 9.98 Å². The van der Waals surface area contributed by atoms with Gasteiger partial charge in [-0.25, -0.2) is 9.98 Å². The van der Waals surface area contributed by atoms with Crippen LogP contribution in [0.5, 0.6) is 0 Å². The average molecular weight is 831 g/mol. The summed E-state index contributed by atoms with van der Waals surface area (Å²) < 4.78 is 2.37. The van der Waals surface area contributed by atoms with Crippen LogP contribution in [-0.4, -0.2) is 16.2 Å². The minimum absolute atomic E-state index is 0.274. The maximum atomic E-state index is 5.13. The van der Waals surface area contributed by atoms with E-state index in [2.05, 4.69) is 240 Å². The quantitative estimate of drug-likeness (QED) is 0.163. The topological polar surface area (TPSA) is 41.7 Å². The largest absolute Gasteiger partial charge is 0.344 e. The summed E-state index contributed by atoms with van der Waals surface area (Å²) in [7, 11) is 0. The van der Waals surface area contributed by atoms with Gasteiger partial charge in [0.25, 0.3) is 0 Å². The van der Waals surface area contributed by atoms with Crippen molar-refractivity contribution < 1.29 is 0 Å². The number of aliphatic imine (C=N–C) groups is 2. The molecule has 1 unspecified atom stereocenters. The molecular weight excluding hydrogens is 789 g/mol. The number of hydrogen-bond acceptors (Lipinski definition) is 3. The number of amidine groups is 2. The SMILES string of the molecule is c1ccc(-c2ccc(C3=NC(c4ccccc4)NC(c4ccc(-c5cccc6c(-c7ccccc7-c7ccc(-n8c9ccccc9c9ccccc98)cc7)cccc56)cc4)=N3)cc2)cc1. The molecule has 11 aromatic rings. The van der Waals surface area contributed by atoms with Crippen LogP contribution in [0.4, 0.5) is 0 Å². The predicted octanol–water partition coefficient (Wildman–Crippen LogP) is 15.1. The van der Waals surface area contributed by atoms with Gasteiger partial charge in [-0.1, -0.05) is 218 Å². The van der Waals surface area contributed by atoms with Crippen molar-refractivity contribution in [1.82, 2.24) is 9.88 Å². The van der Waals surface area contributed by atoms with E-state index in [1.54, 1.807) is 0 Å². The van der Waals surface area contributed by atoms with Crippen molar-refractivity contribution in [2.45, 2.75) is 6.17 Å². The molecule has 0 fully saturated rings. The first-order valence-electron chi connectivity index (χ1n) is 22.2. The molecule has 0 bridgehead atoms. The number of aromatic nitrogens is 1. The van der Waals surface area contributed by atoms with Gasteiger partial charge in [0.2, 0.25) is 0 Å². The summed E-state index contributed by atoms with van der Waals surface area (Å²) in [4.78, 5) is 10.2. The first-order valence-corrected chi connectivity index (χ1v) is 22.2. The van der Waals surface area contributed by atoms with Crippen molar-refractivity contribution in [3.05, 3.63) is 259 Å². The van der Waals surface area contributed by atoms with Crippen molar-refractivity contribution in [3.63, 3.8) is 0 Å². The monoisotopic (exact) mass is 830 g/mol. The molecule has 0 radical (unpaired) electrons. The van der Waals surface area contributed by atoms with Crippen LogP contribution in [0.2, 0.25) is 0 Å². The fourth-order valence-electron chi connectivity index (χ4n) is 9.54. The molecular formula is C61H42N4. The van der Waals surface area contributed by atoms with Gasteiger partial charge in [-0.2, -0.15) is 0 Å². The Morgan fingerprint density at radius 2 is 0.785 bits per heavy atom. The number of rotatable bonds is 8. The zero-order valence-electron chi connectivity index (χ0n) is 35.5. The predicted molar refractivity (Wildman–Crippen MR) is 272 cm³/mol. The van der Waals surface area contributed by atoms with E-state index in [0.29, 0.717) is 5.84 Å². The van der Waals surface area contributed by atoms with Crippen LogP contribution < -0.4 is 5.32 Å². The molecule has 4 heteroatoms. The van der Waals surface area contributed by atoms with Crippen molar-refractivity contribution >= 4 is 44.2 Å². The van der Waals surface area contributed by atoms with Gasteiger partial charge in [-0.15, -0.1) is 0 Å². The second-order valence-electron chi connectivity index (χ2n) is 16.6. The van der Waals surface area contributed by atoms with Gasteiger partial charge in [-0.05, 0) is 85.1 Å². The average Bonchev–Trinajstić information content (AvgIpc) is 3.73. The molecule has 4 nitrogen and oxygen atoms in total. The maximum Gasteiger partial charge on any atom is 0.159 e. The zero-order valence-corrected chi connectivity index (χ0v) is 35.5. The molecule has 1 N–H and O–H groups in total.